The lowest BCUT2D eigenvalue weighted by Gasteiger charge is -2.44. The van der Waals surface area contributed by atoms with Gasteiger partial charge in [0.15, 0.2) is 0 Å². The number of carbonyl (C=O) groups excluding carboxylic acids is 2. The Labute approximate surface area is 248 Å². The SMILES string of the molecule is COc1ccc2ccccc2c1CN1CCN(C(=O)CCCC(=O)NC2CCC(c3cccs3)(N(C)C)CC2)CC1. The summed E-state index contributed by atoms with van der Waals surface area (Å²) < 4.78 is 5.67. The van der Waals surface area contributed by atoms with Gasteiger partial charge >= 0.3 is 0 Å². The predicted octanol–water partition coefficient (Wildman–Crippen LogP) is 5.24. The highest BCUT2D eigenvalue weighted by Gasteiger charge is 2.39. The van der Waals surface area contributed by atoms with Crippen LogP contribution in [0.4, 0.5) is 0 Å². The van der Waals surface area contributed by atoms with Gasteiger partial charge in [0.05, 0.1) is 12.6 Å². The first-order chi connectivity index (χ1) is 19.9. The topological polar surface area (TPSA) is 65.1 Å². The molecule has 1 saturated heterocycles. The molecule has 220 valence electrons. The smallest absolute Gasteiger partial charge is 0.222 e. The van der Waals surface area contributed by atoms with Gasteiger partial charge in [0.25, 0.3) is 0 Å². The zero-order valence-electron chi connectivity index (χ0n) is 24.7. The summed E-state index contributed by atoms with van der Waals surface area (Å²) in [6.45, 7) is 3.91. The third-order valence-corrected chi connectivity index (χ3v) is 10.2. The average Bonchev–Trinajstić information content (AvgIpc) is 3.54. The minimum atomic E-state index is 0.0742. The molecule has 1 N–H and O–H groups in total. The van der Waals surface area contributed by atoms with Gasteiger partial charge in [0.2, 0.25) is 11.8 Å². The summed E-state index contributed by atoms with van der Waals surface area (Å²) in [5.74, 6) is 1.14. The molecular weight excluding hydrogens is 532 g/mol. The van der Waals surface area contributed by atoms with Crippen LogP contribution < -0.4 is 10.1 Å². The first-order valence-electron chi connectivity index (χ1n) is 14.9. The molecule has 2 amide bonds. The van der Waals surface area contributed by atoms with E-state index in [9.17, 15) is 9.59 Å². The lowest BCUT2D eigenvalue weighted by atomic mass is 9.77. The number of carbonyl (C=O) groups is 2. The lowest BCUT2D eigenvalue weighted by molar-refractivity contribution is -0.133. The highest BCUT2D eigenvalue weighted by molar-refractivity contribution is 7.10. The molecule has 0 atom stereocenters. The lowest BCUT2D eigenvalue weighted by Crippen LogP contribution is -2.48. The van der Waals surface area contributed by atoms with Crippen LogP contribution >= 0.6 is 11.3 Å². The zero-order chi connectivity index (χ0) is 28.8. The van der Waals surface area contributed by atoms with E-state index in [-0.39, 0.29) is 23.4 Å². The number of nitrogens with zero attached hydrogens (tertiary/aromatic N) is 3. The molecule has 7 nitrogen and oxygen atoms in total. The predicted molar refractivity (Wildman–Crippen MR) is 166 cm³/mol. The molecule has 41 heavy (non-hydrogen) atoms. The standard InChI is InChI=1S/C33H44N4O3S/c1-35(2)33(30-10-7-23-41-30)17-15-26(16-18-33)34-31(38)11-6-12-32(39)37-21-19-36(20-22-37)24-28-27-9-5-4-8-25(27)13-14-29(28)40-3/h4-5,7-10,13-14,23,26H,6,11-12,15-22,24H2,1-3H3,(H,34,38). The van der Waals surface area contributed by atoms with Gasteiger partial charge < -0.3 is 15.0 Å². The first-order valence-corrected chi connectivity index (χ1v) is 15.8. The second kappa shape index (κ2) is 13.4. The second-order valence-corrected chi connectivity index (χ2v) is 12.7. The number of hydrogen-bond donors (Lipinski definition) is 1. The van der Waals surface area contributed by atoms with Crippen LogP contribution in [-0.2, 0) is 21.7 Å². The van der Waals surface area contributed by atoms with Gasteiger partial charge in [-0.05, 0) is 74.5 Å². The molecular formula is C33H44N4O3S. The van der Waals surface area contributed by atoms with Crippen molar-refractivity contribution >= 4 is 33.9 Å². The molecule has 1 saturated carbocycles. The maximum Gasteiger partial charge on any atom is 0.222 e. The van der Waals surface area contributed by atoms with E-state index in [1.54, 1.807) is 7.11 Å². The number of rotatable bonds is 10. The summed E-state index contributed by atoms with van der Waals surface area (Å²) in [4.78, 5) is 33.7. The number of amides is 2. The number of methoxy groups -OCH3 is 1. The fourth-order valence-corrected chi connectivity index (χ4v) is 7.67. The molecule has 1 aromatic heterocycles. The van der Waals surface area contributed by atoms with Crippen LogP contribution in [0, 0.1) is 0 Å². The van der Waals surface area contributed by atoms with Crippen LogP contribution in [-0.4, -0.2) is 79.9 Å². The van der Waals surface area contributed by atoms with Gasteiger partial charge in [-0.3, -0.25) is 19.4 Å². The Morgan fingerprint density at radius 1 is 1.00 bits per heavy atom. The Bertz CT molecular complexity index is 1310. The van der Waals surface area contributed by atoms with Gasteiger partial charge in [-0.1, -0.05) is 36.4 Å². The van der Waals surface area contributed by atoms with E-state index in [1.807, 2.05) is 22.3 Å². The molecule has 0 bridgehead atoms. The molecule has 0 radical (unpaired) electrons. The van der Waals surface area contributed by atoms with Gasteiger partial charge in [0, 0.05) is 62.0 Å². The maximum atomic E-state index is 12.9. The van der Waals surface area contributed by atoms with Crippen molar-refractivity contribution < 1.29 is 14.3 Å². The summed E-state index contributed by atoms with van der Waals surface area (Å²) in [5, 5.41) is 7.83. The van der Waals surface area contributed by atoms with Crippen LogP contribution in [0.25, 0.3) is 10.8 Å². The van der Waals surface area contributed by atoms with Crippen LogP contribution in [0.5, 0.6) is 5.75 Å². The number of nitrogens with one attached hydrogen (secondary N) is 1. The van der Waals surface area contributed by atoms with Gasteiger partial charge in [0.1, 0.15) is 5.75 Å². The molecule has 1 aliphatic carbocycles. The Kier molecular flexibility index (Phi) is 9.63. The van der Waals surface area contributed by atoms with Crippen molar-refractivity contribution in [2.45, 2.75) is 63.1 Å². The summed E-state index contributed by atoms with van der Waals surface area (Å²) in [6.07, 6.45) is 5.49. The molecule has 5 rings (SSSR count). The van der Waals surface area contributed by atoms with Crippen molar-refractivity contribution in [3.8, 4) is 5.75 Å². The van der Waals surface area contributed by atoms with E-state index in [1.165, 1.54) is 21.2 Å². The monoisotopic (exact) mass is 576 g/mol. The number of ether oxygens (including phenoxy) is 1. The van der Waals surface area contributed by atoms with Crippen molar-refractivity contribution in [3.05, 3.63) is 64.4 Å². The molecule has 0 unspecified atom stereocenters. The molecule has 2 heterocycles. The minimum absolute atomic E-state index is 0.0742. The normalized spacial score (nSPS) is 21.8. The van der Waals surface area contributed by atoms with Crippen molar-refractivity contribution in [2.24, 2.45) is 0 Å². The molecule has 8 heteroatoms. The van der Waals surface area contributed by atoms with Crippen molar-refractivity contribution in [3.63, 3.8) is 0 Å². The first kappa shape index (κ1) is 29.5. The van der Waals surface area contributed by atoms with Crippen LogP contribution in [0.15, 0.2) is 53.9 Å². The highest BCUT2D eigenvalue weighted by atomic mass is 32.1. The van der Waals surface area contributed by atoms with E-state index < -0.39 is 0 Å². The Morgan fingerprint density at radius 3 is 2.44 bits per heavy atom. The van der Waals surface area contributed by atoms with Gasteiger partial charge in [-0.25, -0.2) is 0 Å². The summed E-state index contributed by atoms with van der Waals surface area (Å²) in [5.41, 5.74) is 1.28. The maximum absolute atomic E-state index is 12.9. The quantitative estimate of drug-likeness (QED) is 0.358. The number of hydrogen-bond acceptors (Lipinski definition) is 6. The van der Waals surface area contributed by atoms with Gasteiger partial charge in [-0.2, -0.15) is 0 Å². The van der Waals surface area contributed by atoms with E-state index >= 15 is 0 Å². The average molecular weight is 577 g/mol. The summed E-state index contributed by atoms with van der Waals surface area (Å²) in [7, 11) is 6.05. The van der Waals surface area contributed by atoms with E-state index in [0.717, 1.165) is 64.2 Å². The molecule has 0 spiro atoms. The fraction of sp³-hybridized carbons (Fsp3) is 0.515. The number of piperazine rings is 1. The fourth-order valence-electron chi connectivity index (χ4n) is 6.60. The zero-order valence-corrected chi connectivity index (χ0v) is 25.5. The van der Waals surface area contributed by atoms with Crippen molar-refractivity contribution in [1.82, 2.24) is 20.0 Å². The van der Waals surface area contributed by atoms with E-state index in [4.69, 9.17) is 4.74 Å². The number of thiophene rings is 1. The molecule has 3 aromatic rings. The highest BCUT2D eigenvalue weighted by Crippen LogP contribution is 2.43. The number of fused-ring (bicyclic) bond motifs is 1. The summed E-state index contributed by atoms with van der Waals surface area (Å²) >= 11 is 1.83. The summed E-state index contributed by atoms with van der Waals surface area (Å²) in [6, 6.07) is 17.2. The van der Waals surface area contributed by atoms with Crippen LogP contribution in [0.2, 0.25) is 0 Å². The third kappa shape index (κ3) is 6.76. The van der Waals surface area contributed by atoms with Crippen LogP contribution in [0.1, 0.15) is 55.4 Å². The number of benzene rings is 2. The molecule has 2 aliphatic rings. The molecule has 2 aromatic carbocycles. The molecule has 1 aliphatic heterocycles. The second-order valence-electron chi connectivity index (χ2n) is 11.7. The minimum Gasteiger partial charge on any atom is -0.496 e. The van der Waals surface area contributed by atoms with Gasteiger partial charge in [-0.15, -0.1) is 11.3 Å². The molecule has 2 fully saturated rings. The Hall–Kier alpha value is -2.94. The third-order valence-electron chi connectivity index (χ3n) is 9.13. The van der Waals surface area contributed by atoms with Crippen molar-refractivity contribution in [1.29, 1.82) is 0 Å². The van der Waals surface area contributed by atoms with E-state index in [0.29, 0.717) is 19.3 Å². The Balaban J connectivity index is 1.03. The van der Waals surface area contributed by atoms with Crippen molar-refractivity contribution in [2.75, 3.05) is 47.4 Å². The van der Waals surface area contributed by atoms with E-state index in [2.05, 4.69) is 77.1 Å². The van der Waals surface area contributed by atoms with Crippen LogP contribution in [0.3, 0.4) is 0 Å². The Morgan fingerprint density at radius 2 is 1.76 bits per heavy atom. The largest absolute Gasteiger partial charge is 0.496 e.